The first-order valence-electron chi connectivity index (χ1n) is 6.65. The first-order valence-corrected chi connectivity index (χ1v) is 7.02. The second-order valence-electron chi connectivity index (χ2n) is 4.47. The fourth-order valence-electron chi connectivity index (χ4n) is 1.89. The van der Waals surface area contributed by atoms with Crippen LogP contribution in [-0.4, -0.2) is 17.1 Å². The van der Waals surface area contributed by atoms with E-state index in [1.54, 1.807) is 7.11 Å². The van der Waals surface area contributed by atoms with Gasteiger partial charge in [0.05, 0.1) is 7.11 Å². The molecule has 1 heterocycles. The van der Waals surface area contributed by atoms with E-state index >= 15 is 0 Å². The Balaban J connectivity index is 2.12. The minimum Gasteiger partial charge on any atom is -0.490 e. The highest BCUT2D eigenvalue weighted by molar-refractivity contribution is 6.31. The zero-order chi connectivity index (χ0) is 14.4. The van der Waals surface area contributed by atoms with E-state index in [0.29, 0.717) is 16.7 Å². The number of methoxy groups -OCH3 is 1. The first-order chi connectivity index (χ1) is 9.74. The number of rotatable bonds is 6. The van der Waals surface area contributed by atoms with Crippen LogP contribution in [0.3, 0.4) is 0 Å². The average Bonchev–Trinajstić information content (AvgIpc) is 2.47. The quantitative estimate of drug-likeness (QED) is 0.809. The van der Waals surface area contributed by atoms with Crippen molar-refractivity contribution in [1.82, 2.24) is 9.97 Å². The molecule has 1 aromatic carbocycles. The van der Waals surface area contributed by atoms with Crippen molar-refractivity contribution in [2.75, 3.05) is 12.4 Å². The lowest BCUT2D eigenvalue weighted by molar-refractivity contribution is 0.413. The summed E-state index contributed by atoms with van der Waals surface area (Å²) >= 11 is 5.96. The zero-order valence-corrected chi connectivity index (χ0v) is 12.4. The Morgan fingerprint density at radius 2 is 1.95 bits per heavy atom. The van der Waals surface area contributed by atoms with Gasteiger partial charge in [-0.3, -0.25) is 0 Å². The number of aryl methyl sites for hydroxylation is 1. The molecular formula is C15H18ClN3O. The van der Waals surface area contributed by atoms with Crippen LogP contribution in [0, 0.1) is 0 Å². The number of halogens is 1. The minimum atomic E-state index is 0.296. The molecule has 0 fully saturated rings. The van der Waals surface area contributed by atoms with Gasteiger partial charge in [-0.25, -0.2) is 9.97 Å². The van der Waals surface area contributed by atoms with Crippen LogP contribution in [0.4, 0.5) is 11.5 Å². The van der Waals surface area contributed by atoms with Gasteiger partial charge in [0.1, 0.15) is 6.33 Å². The van der Waals surface area contributed by atoms with E-state index in [9.17, 15) is 0 Å². The molecule has 0 atom stereocenters. The lowest BCUT2D eigenvalue weighted by Crippen LogP contribution is -1.99. The van der Waals surface area contributed by atoms with Crippen LogP contribution in [0.15, 0.2) is 30.6 Å². The van der Waals surface area contributed by atoms with Gasteiger partial charge < -0.3 is 10.1 Å². The number of ether oxygens (including phenoxy) is 1. The van der Waals surface area contributed by atoms with Gasteiger partial charge >= 0.3 is 0 Å². The average molecular weight is 292 g/mol. The standard InChI is InChI=1S/C15H18ClN3O/c1-3-4-5-11-6-8-12(9-7-11)19-15-13(20-2)14(16)17-10-18-15/h6-10H,3-5H2,1-2H3,(H,17,18,19). The second kappa shape index (κ2) is 7.10. The molecule has 0 saturated heterocycles. The van der Waals surface area contributed by atoms with Crippen LogP contribution in [0.1, 0.15) is 25.3 Å². The van der Waals surface area contributed by atoms with Crippen molar-refractivity contribution in [2.24, 2.45) is 0 Å². The predicted molar refractivity (Wildman–Crippen MR) is 81.9 cm³/mol. The highest BCUT2D eigenvalue weighted by atomic mass is 35.5. The molecule has 0 radical (unpaired) electrons. The van der Waals surface area contributed by atoms with Gasteiger partial charge in [-0.2, -0.15) is 0 Å². The molecule has 4 nitrogen and oxygen atoms in total. The third-order valence-corrected chi connectivity index (χ3v) is 3.27. The first kappa shape index (κ1) is 14.6. The summed E-state index contributed by atoms with van der Waals surface area (Å²) in [6.07, 6.45) is 4.93. The summed E-state index contributed by atoms with van der Waals surface area (Å²) in [5.74, 6) is 1.01. The topological polar surface area (TPSA) is 47.0 Å². The molecule has 0 unspecified atom stereocenters. The Morgan fingerprint density at radius 3 is 2.60 bits per heavy atom. The van der Waals surface area contributed by atoms with Crippen molar-refractivity contribution in [3.63, 3.8) is 0 Å². The minimum absolute atomic E-state index is 0.296. The largest absolute Gasteiger partial charge is 0.490 e. The highest BCUT2D eigenvalue weighted by Crippen LogP contribution is 2.30. The molecule has 0 saturated carbocycles. The van der Waals surface area contributed by atoms with Crippen molar-refractivity contribution in [3.8, 4) is 5.75 Å². The Kier molecular flexibility index (Phi) is 5.18. The summed E-state index contributed by atoms with van der Waals surface area (Å²) in [4.78, 5) is 8.04. The maximum Gasteiger partial charge on any atom is 0.199 e. The smallest absolute Gasteiger partial charge is 0.199 e. The van der Waals surface area contributed by atoms with Gasteiger partial charge in [0.2, 0.25) is 0 Å². The summed E-state index contributed by atoms with van der Waals surface area (Å²) in [5.41, 5.74) is 2.28. The fraction of sp³-hybridized carbons (Fsp3) is 0.333. The van der Waals surface area contributed by atoms with Gasteiger partial charge in [0.15, 0.2) is 16.7 Å². The van der Waals surface area contributed by atoms with E-state index in [1.807, 2.05) is 12.1 Å². The van der Waals surface area contributed by atoms with Crippen LogP contribution >= 0.6 is 11.6 Å². The molecular weight excluding hydrogens is 274 g/mol. The SMILES string of the molecule is CCCCc1ccc(Nc2ncnc(Cl)c2OC)cc1. The van der Waals surface area contributed by atoms with E-state index in [4.69, 9.17) is 16.3 Å². The molecule has 106 valence electrons. The summed E-state index contributed by atoms with van der Waals surface area (Å²) in [5, 5.41) is 3.48. The molecule has 0 bridgehead atoms. The molecule has 5 heteroatoms. The van der Waals surface area contributed by atoms with Crippen LogP contribution in [0.25, 0.3) is 0 Å². The van der Waals surface area contributed by atoms with Gasteiger partial charge in [-0.15, -0.1) is 0 Å². The van der Waals surface area contributed by atoms with Crippen molar-refractivity contribution >= 4 is 23.1 Å². The van der Waals surface area contributed by atoms with Crippen molar-refractivity contribution in [1.29, 1.82) is 0 Å². The van der Waals surface area contributed by atoms with Crippen LogP contribution in [-0.2, 0) is 6.42 Å². The second-order valence-corrected chi connectivity index (χ2v) is 4.83. The molecule has 0 aliphatic carbocycles. The Bertz CT molecular complexity index is 558. The molecule has 1 aromatic heterocycles. The number of hydrogen-bond acceptors (Lipinski definition) is 4. The van der Waals surface area contributed by atoms with Gasteiger partial charge in [0, 0.05) is 5.69 Å². The number of nitrogens with one attached hydrogen (secondary N) is 1. The summed E-state index contributed by atoms with van der Waals surface area (Å²) in [6.45, 7) is 2.20. The molecule has 0 aliphatic heterocycles. The number of unbranched alkanes of at least 4 members (excludes halogenated alkanes) is 1. The van der Waals surface area contributed by atoms with E-state index in [-0.39, 0.29) is 0 Å². The predicted octanol–water partition coefficient (Wildman–Crippen LogP) is 4.22. The van der Waals surface area contributed by atoms with Crippen molar-refractivity contribution in [3.05, 3.63) is 41.3 Å². The fourth-order valence-corrected chi connectivity index (χ4v) is 2.10. The Morgan fingerprint density at radius 1 is 1.20 bits per heavy atom. The third-order valence-electron chi connectivity index (χ3n) is 3.00. The number of hydrogen-bond donors (Lipinski definition) is 1. The lowest BCUT2D eigenvalue weighted by Gasteiger charge is -2.11. The molecule has 0 aliphatic rings. The number of anilines is 2. The summed E-state index contributed by atoms with van der Waals surface area (Å²) in [7, 11) is 1.55. The normalized spacial score (nSPS) is 10.3. The van der Waals surface area contributed by atoms with Gasteiger partial charge in [-0.05, 0) is 30.5 Å². The summed E-state index contributed by atoms with van der Waals surface area (Å²) in [6, 6.07) is 8.29. The number of aromatic nitrogens is 2. The number of nitrogens with zero attached hydrogens (tertiary/aromatic N) is 2. The van der Waals surface area contributed by atoms with E-state index in [0.717, 1.165) is 12.1 Å². The van der Waals surface area contributed by atoms with Crippen molar-refractivity contribution in [2.45, 2.75) is 26.2 Å². The lowest BCUT2D eigenvalue weighted by atomic mass is 10.1. The van der Waals surface area contributed by atoms with Gasteiger partial charge in [0.25, 0.3) is 0 Å². The maximum absolute atomic E-state index is 5.96. The molecule has 0 amide bonds. The van der Waals surface area contributed by atoms with Gasteiger partial charge in [-0.1, -0.05) is 37.1 Å². The summed E-state index contributed by atoms with van der Waals surface area (Å²) < 4.78 is 5.21. The number of benzene rings is 1. The maximum atomic E-state index is 5.96. The van der Waals surface area contributed by atoms with Crippen LogP contribution in [0.5, 0.6) is 5.75 Å². The zero-order valence-electron chi connectivity index (χ0n) is 11.7. The molecule has 1 N–H and O–H groups in total. The Hall–Kier alpha value is -1.81. The molecule has 2 rings (SSSR count). The molecule has 20 heavy (non-hydrogen) atoms. The highest BCUT2D eigenvalue weighted by Gasteiger charge is 2.10. The van der Waals surface area contributed by atoms with E-state index < -0.39 is 0 Å². The molecule has 0 spiro atoms. The monoisotopic (exact) mass is 291 g/mol. The third kappa shape index (κ3) is 3.61. The Labute approximate surface area is 124 Å². The van der Waals surface area contributed by atoms with Crippen LogP contribution in [0.2, 0.25) is 5.15 Å². The molecule has 2 aromatic rings. The van der Waals surface area contributed by atoms with Crippen molar-refractivity contribution < 1.29 is 4.74 Å². The van der Waals surface area contributed by atoms with E-state index in [1.165, 1.54) is 24.7 Å². The van der Waals surface area contributed by atoms with E-state index in [2.05, 4.69) is 34.3 Å². The van der Waals surface area contributed by atoms with Crippen LogP contribution < -0.4 is 10.1 Å².